The third kappa shape index (κ3) is 2.13. The molecular formula is C18H22N2O2. The lowest BCUT2D eigenvalue weighted by Gasteiger charge is -2.22. The van der Waals surface area contributed by atoms with Crippen molar-refractivity contribution in [3.05, 3.63) is 34.9 Å². The molecule has 1 spiro atoms. The molecule has 1 atom stereocenters. The van der Waals surface area contributed by atoms with E-state index in [-0.39, 0.29) is 5.56 Å². The maximum Gasteiger partial charge on any atom is 0.261 e. The average molecular weight is 298 g/mol. The zero-order valence-electron chi connectivity index (χ0n) is 13.0. The molecular weight excluding hydrogens is 276 g/mol. The Morgan fingerprint density at radius 2 is 2.14 bits per heavy atom. The molecule has 22 heavy (non-hydrogen) atoms. The molecule has 1 aromatic carbocycles. The molecule has 0 radical (unpaired) electrons. The van der Waals surface area contributed by atoms with Crippen LogP contribution in [0.15, 0.2) is 29.3 Å². The van der Waals surface area contributed by atoms with E-state index in [9.17, 15) is 4.79 Å². The van der Waals surface area contributed by atoms with Crippen molar-refractivity contribution in [3.8, 4) is 5.75 Å². The van der Waals surface area contributed by atoms with Gasteiger partial charge in [-0.2, -0.15) is 0 Å². The Morgan fingerprint density at radius 3 is 2.91 bits per heavy atom. The first-order chi connectivity index (χ1) is 10.7. The van der Waals surface area contributed by atoms with Crippen molar-refractivity contribution < 1.29 is 4.74 Å². The first-order valence-corrected chi connectivity index (χ1v) is 8.26. The van der Waals surface area contributed by atoms with E-state index < -0.39 is 0 Å². The van der Waals surface area contributed by atoms with Gasteiger partial charge in [0.1, 0.15) is 11.3 Å². The largest absolute Gasteiger partial charge is 0.494 e. The number of hydrogen-bond donors (Lipinski definition) is 0. The van der Waals surface area contributed by atoms with Gasteiger partial charge in [-0.3, -0.25) is 9.36 Å². The van der Waals surface area contributed by atoms with Crippen molar-refractivity contribution in [3.63, 3.8) is 0 Å². The summed E-state index contributed by atoms with van der Waals surface area (Å²) in [6, 6.07) is 5.54. The zero-order chi connectivity index (χ0) is 15.2. The lowest BCUT2D eigenvalue weighted by molar-refractivity contribution is 0.296. The minimum Gasteiger partial charge on any atom is -0.494 e. The summed E-state index contributed by atoms with van der Waals surface area (Å²) < 4.78 is 7.10. The number of hydrogen-bond acceptors (Lipinski definition) is 3. The molecule has 2 fully saturated rings. The highest BCUT2D eigenvalue weighted by Gasteiger charge is 2.53. The molecule has 0 saturated heterocycles. The Labute approximate surface area is 130 Å². The van der Waals surface area contributed by atoms with Crippen molar-refractivity contribution in [2.45, 2.75) is 45.1 Å². The highest BCUT2D eigenvalue weighted by Crippen LogP contribution is 2.61. The molecule has 2 aromatic rings. The number of fused-ring (bicyclic) bond motifs is 1. The predicted molar refractivity (Wildman–Crippen MR) is 86.2 cm³/mol. The second kappa shape index (κ2) is 5.11. The Balaban J connectivity index is 1.63. The van der Waals surface area contributed by atoms with Crippen LogP contribution in [0.5, 0.6) is 5.75 Å². The summed E-state index contributed by atoms with van der Waals surface area (Å²) in [4.78, 5) is 17.2. The van der Waals surface area contributed by atoms with Gasteiger partial charge in [0.25, 0.3) is 5.56 Å². The molecule has 0 N–H and O–H groups in total. The van der Waals surface area contributed by atoms with E-state index in [0.717, 1.165) is 6.54 Å². The number of para-hydroxylation sites is 1. The number of ether oxygens (including phenoxy) is 1. The smallest absolute Gasteiger partial charge is 0.261 e. The minimum atomic E-state index is 0.0572. The van der Waals surface area contributed by atoms with Gasteiger partial charge in [-0.1, -0.05) is 25.3 Å². The Hall–Kier alpha value is -1.84. The number of nitrogens with zero attached hydrogens (tertiary/aromatic N) is 2. The van der Waals surface area contributed by atoms with Crippen LogP contribution in [0.2, 0.25) is 0 Å². The van der Waals surface area contributed by atoms with E-state index >= 15 is 0 Å². The number of rotatable bonds is 3. The van der Waals surface area contributed by atoms with Crippen LogP contribution in [0.3, 0.4) is 0 Å². The fourth-order valence-corrected chi connectivity index (χ4v) is 4.25. The van der Waals surface area contributed by atoms with Crippen molar-refractivity contribution in [1.82, 2.24) is 9.55 Å². The van der Waals surface area contributed by atoms with Gasteiger partial charge in [0.15, 0.2) is 0 Å². The average Bonchev–Trinajstić information content (AvgIpc) is 3.21. The van der Waals surface area contributed by atoms with Gasteiger partial charge in [0, 0.05) is 6.54 Å². The molecule has 0 bridgehead atoms. The highest BCUT2D eigenvalue weighted by atomic mass is 16.5. The van der Waals surface area contributed by atoms with E-state index in [2.05, 4.69) is 4.98 Å². The molecule has 4 nitrogen and oxygen atoms in total. The molecule has 1 aromatic heterocycles. The van der Waals surface area contributed by atoms with Crippen LogP contribution in [0.25, 0.3) is 10.9 Å². The molecule has 1 unspecified atom stereocenters. The van der Waals surface area contributed by atoms with E-state index in [0.29, 0.717) is 28.0 Å². The van der Waals surface area contributed by atoms with E-state index in [4.69, 9.17) is 4.74 Å². The summed E-state index contributed by atoms with van der Waals surface area (Å²) in [5.74, 6) is 1.33. The number of methoxy groups -OCH3 is 1. The molecule has 116 valence electrons. The van der Waals surface area contributed by atoms with Crippen LogP contribution in [0.4, 0.5) is 0 Å². The molecule has 2 aliphatic rings. The van der Waals surface area contributed by atoms with Crippen LogP contribution in [0.1, 0.15) is 38.5 Å². The second-order valence-corrected chi connectivity index (χ2v) is 6.88. The van der Waals surface area contributed by atoms with Gasteiger partial charge in [0.2, 0.25) is 0 Å². The standard InChI is InChI=1S/C18H22N2O2/c1-22-15-7-5-6-14-16(15)19-12-20(17(14)21)11-13-10-18(13)8-3-2-4-9-18/h5-7,12-13H,2-4,8-11H2,1H3. The summed E-state index contributed by atoms with van der Waals surface area (Å²) in [5.41, 5.74) is 1.26. The third-order valence-corrected chi connectivity index (χ3v) is 5.66. The first kappa shape index (κ1) is 13.8. The predicted octanol–water partition coefficient (Wildman–Crippen LogP) is 3.38. The van der Waals surface area contributed by atoms with E-state index in [1.165, 1.54) is 38.5 Å². The second-order valence-electron chi connectivity index (χ2n) is 6.88. The summed E-state index contributed by atoms with van der Waals surface area (Å²) >= 11 is 0. The molecule has 4 rings (SSSR count). The Bertz CT molecular complexity index is 759. The normalized spacial score (nSPS) is 22.9. The van der Waals surface area contributed by atoms with Crippen LogP contribution in [0, 0.1) is 11.3 Å². The minimum absolute atomic E-state index is 0.0572. The van der Waals surface area contributed by atoms with Crippen LogP contribution in [-0.4, -0.2) is 16.7 Å². The van der Waals surface area contributed by atoms with Gasteiger partial charge in [-0.15, -0.1) is 0 Å². The molecule has 0 amide bonds. The highest BCUT2D eigenvalue weighted by molar-refractivity contribution is 5.83. The summed E-state index contributed by atoms with van der Waals surface area (Å²) in [7, 11) is 1.61. The van der Waals surface area contributed by atoms with E-state index in [1.807, 2.05) is 18.2 Å². The Kier molecular flexibility index (Phi) is 3.21. The zero-order valence-corrected chi connectivity index (χ0v) is 13.0. The van der Waals surface area contributed by atoms with Crippen LogP contribution in [-0.2, 0) is 6.54 Å². The molecule has 2 aliphatic carbocycles. The topological polar surface area (TPSA) is 44.1 Å². The molecule has 4 heteroatoms. The van der Waals surface area contributed by atoms with Crippen LogP contribution < -0.4 is 10.3 Å². The molecule has 1 heterocycles. The third-order valence-electron chi connectivity index (χ3n) is 5.66. The number of benzene rings is 1. The first-order valence-electron chi connectivity index (χ1n) is 8.26. The summed E-state index contributed by atoms with van der Waals surface area (Å²) in [6.07, 6.45) is 9.78. The fraction of sp³-hybridized carbons (Fsp3) is 0.556. The van der Waals surface area contributed by atoms with Gasteiger partial charge in [-0.25, -0.2) is 4.98 Å². The monoisotopic (exact) mass is 298 g/mol. The van der Waals surface area contributed by atoms with Crippen molar-refractivity contribution >= 4 is 10.9 Å². The maximum absolute atomic E-state index is 12.7. The SMILES string of the molecule is COc1cccc2c(=O)n(CC3CC34CCCCC4)cnc12. The van der Waals surface area contributed by atoms with Crippen molar-refractivity contribution in [1.29, 1.82) is 0 Å². The van der Waals surface area contributed by atoms with Crippen molar-refractivity contribution in [2.75, 3.05) is 7.11 Å². The summed E-state index contributed by atoms with van der Waals surface area (Å²) in [6.45, 7) is 0.818. The lowest BCUT2D eigenvalue weighted by atomic mass is 9.84. The van der Waals surface area contributed by atoms with Gasteiger partial charge in [0.05, 0.1) is 18.8 Å². The quantitative estimate of drug-likeness (QED) is 0.872. The van der Waals surface area contributed by atoms with Crippen molar-refractivity contribution in [2.24, 2.45) is 11.3 Å². The van der Waals surface area contributed by atoms with E-state index in [1.54, 1.807) is 18.0 Å². The van der Waals surface area contributed by atoms with Gasteiger partial charge < -0.3 is 4.74 Å². The molecule has 0 aliphatic heterocycles. The van der Waals surface area contributed by atoms with Crippen LogP contribution >= 0.6 is 0 Å². The van der Waals surface area contributed by atoms with Gasteiger partial charge in [-0.05, 0) is 42.7 Å². The lowest BCUT2D eigenvalue weighted by Crippen LogP contribution is -2.23. The fourth-order valence-electron chi connectivity index (χ4n) is 4.25. The maximum atomic E-state index is 12.7. The Morgan fingerprint density at radius 1 is 1.32 bits per heavy atom. The van der Waals surface area contributed by atoms with Gasteiger partial charge >= 0.3 is 0 Å². The summed E-state index contributed by atoms with van der Waals surface area (Å²) in [5, 5.41) is 0.653. The molecule has 2 saturated carbocycles. The number of aromatic nitrogens is 2.